The van der Waals surface area contributed by atoms with Gasteiger partial charge in [0.15, 0.2) is 11.5 Å². The van der Waals surface area contributed by atoms with Crippen molar-refractivity contribution in [2.24, 2.45) is 0 Å². The van der Waals surface area contributed by atoms with E-state index in [1.807, 2.05) is 30.3 Å². The summed E-state index contributed by atoms with van der Waals surface area (Å²) in [4.78, 5) is 11.8. The highest BCUT2D eigenvalue weighted by Crippen LogP contribution is 2.33. The van der Waals surface area contributed by atoms with Gasteiger partial charge in [0.1, 0.15) is 6.61 Å². The van der Waals surface area contributed by atoms with Crippen LogP contribution in [0.5, 0.6) is 11.5 Å². The standard InChI is InChI=1S/C17H18O4/c1-3-20-17(19)14-9-10-15(18)16(12(14)2)21-11-13-7-5-4-6-8-13/h4-10,18H,3,11H2,1-2H3. The molecule has 110 valence electrons. The van der Waals surface area contributed by atoms with E-state index in [0.29, 0.717) is 30.1 Å². The zero-order chi connectivity index (χ0) is 15.2. The minimum absolute atomic E-state index is 0.0106. The lowest BCUT2D eigenvalue weighted by Gasteiger charge is -2.14. The number of benzene rings is 2. The first-order chi connectivity index (χ1) is 10.1. The molecule has 4 nitrogen and oxygen atoms in total. The van der Waals surface area contributed by atoms with E-state index < -0.39 is 5.97 Å². The number of carbonyl (C=O) groups excluding carboxylic acids is 1. The van der Waals surface area contributed by atoms with E-state index in [1.165, 1.54) is 12.1 Å². The first-order valence-electron chi connectivity index (χ1n) is 6.80. The van der Waals surface area contributed by atoms with Gasteiger partial charge in [-0.05, 0) is 31.5 Å². The predicted molar refractivity (Wildman–Crippen MR) is 79.6 cm³/mol. The topological polar surface area (TPSA) is 55.8 Å². The van der Waals surface area contributed by atoms with Crippen molar-refractivity contribution in [2.45, 2.75) is 20.5 Å². The van der Waals surface area contributed by atoms with E-state index >= 15 is 0 Å². The Hall–Kier alpha value is -2.49. The summed E-state index contributed by atoms with van der Waals surface area (Å²) in [5, 5.41) is 9.93. The van der Waals surface area contributed by atoms with Gasteiger partial charge < -0.3 is 14.6 Å². The van der Waals surface area contributed by atoms with Crippen molar-refractivity contribution in [3.63, 3.8) is 0 Å². The Morgan fingerprint density at radius 1 is 1.14 bits per heavy atom. The van der Waals surface area contributed by atoms with E-state index in [0.717, 1.165) is 5.56 Å². The number of ether oxygens (including phenoxy) is 2. The van der Waals surface area contributed by atoms with Crippen molar-refractivity contribution in [1.82, 2.24) is 0 Å². The number of esters is 1. The Morgan fingerprint density at radius 3 is 2.52 bits per heavy atom. The third-order valence-electron chi connectivity index (χ3n) is 3.11. The van der Waals surface area contributed by atoms with Crippen molar-refractivity contribution in [1.29, 1.82) is 0 Å². The van der Waals surface area contributed by atoms with Crippen molar-refractivity contribution >= 4 is 5.97 Å². The summed E-state index contributed by atoms with van der Waals surface area (Å²) in [6.07, 6.45) is 0. The molecule has 0 aliphatic carbocycles. The fourth-order valence-electron chi connectivity index (χ4n) is 2.02. The average Bonchev–Trinajstić information content (AvgIpc) is 2.48. The van der Waals surface area contributed by atoms with Crippen LogP contribution in [0.25, 0.3) is 0 Å². The fourth-order valence-corrected chi connectivity index (χ4v) is 2.02. The second-order valence-corrected chi connectivity index (χ2v) is 4.58. The Bertz CT molecular complexity index is 620. The maximum absolute atomic E-state index is 11.8. The summed E-state index contributed by atoms with van der Waals surface area (Å²) in [6.45, 7) is 4.10. The SMILES string of the molecule is CCOC(=O)c1ccc(O)c(OCc2ccccc2)c1C. The molecule has 0 unspecified atom stereocenters. The summed E-state index contributed by atoms with van der Waals surface area (Å²) in [5.41, 5.74) is 1.96. The molecule has 0 saturated carbocycles. The number of carbonyl (C=O) groups is 1. The van der Waals surface area contributed by atoms with E-state index in [-0.39, 0.29) is 5.75 Å². The lowest BCUT2D eigenvalue weighted by molar-refractivity contribution is 0.0525. The predicted octanol–water partition coefficient (Wildman–Crippen LogP) is 3.46. The lowest BCUT2D eigenvalue weighted by Crippen LogP contribution is -2.08. The molecule has 21 heavy (non-hydrogen) atoms. The normalized spacial score (nSPS) is 10.2. The van der Waals surface area contributed by atoms with E-state index in [9.17, 15) is 9.90 Å². The molecule has 0 aliphatic heterocycles. The van der Waals surface area contributed by atoms with Crippen molar-refractivity contribution in [3.8, 4) is 11.5 Å². The molecule has 0 saturated heterocycles. The summed E-state index contributed by atoms with van der Waals surface area (Å²) >= 11 is 0. The third kappa shape index (κ3) is 3.54. The number of aromatic hydroxyl groups is 1. The van der Waals surface area contributed by atoms with Gasteiger partial charge in [-0.15, -0.1) is 0 Å². The van der Waals surface area contributed by atoms with Crippen LogP contribution in [0, 0.1) is 6.92 Å². The second-order valence-electron chi connectivity index (χ2n) is 4.58. The van der Waals surface area contributed by atoms with Crippen LogP contribution in [0.1, 0.15) is 28.4 Å². The molecule has 1 N–H and O–H groups in total. The van der Waals surface area contributed by atoms with Crippen molar-refractivity contribution < 1.29 is 19.4 Å². The first kappa shape index (κ1) is 14.9. The van der Waals surface area contributed by atoms with Gasteiger partial charge in [-0.25, -0.2) is 4.79 Å². The van der Waals surface area contributed by atoms with Gasteiger partial charge in [0.05, 0.1) is 12.2 Å². The van der Waals surface area contributed by atoms with Gasteiger partial charge in [0.2, 0.25) is 0 Å². The van der Waals surface area contributed by atoms with Crippen LogP contribution in [0.3, 0.4) is 0 Å². The number of hydrogen-bond acceptors (Lipinski definition) is 4. The molecule has 0 aliphatic rings. The molecule has 0 amide bonds. The number of hydrogen-bond donors (Lipinski definition) is 1. The van der Waals surface area contributed by atoms with Crippen LogP contribution in [0.2, 0.25) is 0 Å². The van der Waals surface area contributed by atoms with Crippen LogP contribution in [-0.2, 0) is 11.3 Å². The number of phenolic OH excluding ortho intramolecular Hbond substituents is 1. The van der Waals surface area contributed by atoms with Gasteiger partial charge in [-0.3, -0.25) is 0 Å². The minimum Gasteiger partial charge on any atom is -0.504 e. The summed E-state index contributed by atoms with van der Waals surface area (Å²) in [5.74, 6) is -0.0968. The molecule has 0 aromatic heterocycles. The monoisotopic (exact) mass is 286 g/mol. The quantitative estimate of drug-likeness (QED) is 0.855. The number of phenols is 1. The van der Waals surface area contributed by atoms with Gasteiger partial charge in [-0.1, -0.05) is 30.3 Å². The van der Waals surface area contributed by atoms with Crippen LogP contribution < -0.4 is 4.74 Å². The van der Waals surface area contributed by atoms with Crippen LogP contribution in [0.4, 0.5) is 0 Å². The fraction of sp³-hybridized carbons (Fsp3) is 0.235. The highest BCUT2D eigenvalue weighted by Gasteiger charge is 2.17. The average molecular weight is 286 g/mol. The zero-order valence-electron chi connectivity index (χ0n) is 12.1. The van der Waals surface area contributed by atoms with Crippen molar-refractivity contribution in [3.05, 3.63) is 59.2 Å². The molecule has 0 bridgehead atoms. The molecule has 4 heteroatoms. The summed E-state index contributed by atoms with van der Waals surface area (Å²) in [6, 6.07) is 12.6. The lowest BCUT2D eigenvalue weighted by atomic mass is 10.1. The number of rotatable bonds is 5. The van der Waals surface area contributed by atoms with Gasteiger partial charge in [0, 0.05) is 5.56 Å². The smallest absolute Gasteiger partial charge is 0.338 e. The zero-order valence-corrected chi connectivity index (χ0v) is 12.1. The molecule has 0 spiro atoms. The Morgan fingerprint density at radius 2 is 1.86 bits per heavy atom. The van der Waals surface area contributed by atoms with Gasteiger partial charge in [-0.2, -0.15) is 0 Å². The highest BCUT2D eigenvalue weighted by molar-refractivity contribution is 5.92. The molecule has 0 radical (unpaired) electrons. The minimum atomic E-state index is -0.417. The second kappa shape index (κ2) is 6.79. The van der Waals surface area contributed by atoms with Gasteiger partial charge >= 0.3 is 5.97 Å². The summed E-state index contributed by atoms with van der Waals surface area (Å²) in [7, 11) is 0. The molecule has 0 heterocycles. The Labute approximate surface area is 123 Å². The molecule has 0 atom stereocenters. The largest absolute Gasteiger partial charge is 0.504 e. The molecule has 2 aromatic rings. The maximum atomic E-state index is 11.8. The molecule has 2 aromatic carbocycles. The van der Waals surface area contributed by atoms with Crippen LogP contribution in [-0.4, -0.2) is 17.7 Å². The van der Waals surface area contributed by atoms with Crippen molar-refractivity contribution in [2.75, 3.05) is 6.61 Å². The molecule has 2 rings (SSSR count). The van der Waals surface area contributed by atoms with E-state index in [4.69, 9.17) is 9.47 Å². The van der Waals surface area contributed by atoms with E-state index in [1.54, 1.807) is 13.8 Å². The molecule has 0 fully saturated rings. The Kier molecular flexibility index (Phi) is 4.82. The maximum Gasteiger partial charge on any atom is 0.338 e. The van der Waals surface area contributed by atoms with Crippen LogP contribution in [0.15, 0.2) is 42.5 Å². The highest BCUT2D eigenvalue weighted by atomic mass is 16.5. The van der Waals surface area contributed by atoms with Crippen LogP contribution >= 0.6 is 0 Å². The van der Waals surface area contributed by atoms with E-state index in [2.05, 4.69) is 0 Å². The first-order valence-corrected chi connectivity index (χ1v) is 6.80. The third-order valence-corrected chi connectivity index (χ3v) is 3.11. The Balaban J connectivity index is 2.22. The molecular weight excluding hydrogens is 268 g/mol. The molecular formula is C17H18O4. The van der Waals surface area contributed by atoms with Gasteiger partial charge in [0.25, 0.3) is 0 Å². The summed E-state index contributed by atoms with van der Waals surface area (Å²) < 4.78 is 10.7.